The molecule has 2 aromatic heterocycles. The fourth-order valence-corrected chi connectivity index (χ4v) is 7.80. The summed E-state index contributed by atoms with van der Waals surface area (Å²) in [4.78, 5) is 69.3. The number of hydrogen-bond acceptors (Lipinski definition) is 11. The molecule has 0 bridgehead atoms. The topological polar surface area (TPSA) is 181 Å². The van der Waals surface area contributed by atoms with Crippen LogP contribution in [-0.4, -0.2) is 119 Å². The van der Waals surface area contributed by atoms with E-state index in [4.69, 9.17) is 25.8 Å². The highest BCUT2D eigenvalue weighted by atomic mass is 35.5. The minimum Gasteiger partial charge on any atom is -0.453 e. The van der Waals surface area contributed by atoms with Crippen molar-refractivity contribution in [3.63, 3.8) is 0 Å². The van der Waals surface area contributed by atoms with E-state index in [1.165, 1.54) is 25.4 Å². The number of ether oxygens (including phenoxy) is 4. The van der Waals surface area contributed by atoms with E-state index >= 15 is 0 Å². The lowest BCUT2D eigenvalue weighted by Gasteiger charge is -2.40. The zero-order valence-electron chi connectivity index (χ0n) is 36.7. The lowest BCUT2D eigenvalue weighted by Crippen LogP contribution is -2.54. The number of carbonyl (C=O) groups is 4. The molecule has 2 aliphatic rings. The second kappa shape index (κ2) is 19.3. The van der Waals surface area contributed by atoms with Gasteiger partial charge in [-0.1, -0.05) is 49.7 Å². The Balaban J connectivity index is 1.16. The van der Waals surface area contributed by atoms with Gasteiger partial charge in [0.15, 0.2) is 0 Å². The number of benzene rings is 2. The molecule has 0 aliphatic carbocycles. The summed E-state index contributed by atoms with van der Waals surface area (Å²) >= 11 is 6.59. The molecule has 344 valence electrons. The van der Waals surface area contributed by atoms with Crippen molar-refractivity contribution in [3.05, 3.63) is 77.3 Å². The highest BCUT2D eigenvalue weighted by Gasteiger charge is 2.42. The van der Waals surface area contributed by atoms with Gasteiger partial charge >= 0.3 is 18.5 Å². The number of halogens is 4. The number of aromatic nitrogens is 3. The average Bonchev–Trinajstić information content (AvgIpc) is 3.91. The third-order valence-corrected chi connectivity index (χ3v) is 11.1. The van der Waals surface area contributed by atoms with Crippen LogP contribution in [-0.2, 0) is 19.0 Å². The number of pyridine rings is 1. The Bertz CT molecular complexity index is 2320. The molecule has 6 rings (SSSR count). The monoisotopic (exact) mass is 912 g/mol. The fraction of sp³-hybridized carbons (Fsp3) is 0.455. The SMILES string of the molecule is COC(=O)N[C@H](C(=O)N1C[C@@H](OC)C[C@H]1c1ncc(-c2ccc(-c3cc(Cl)c(NC(=O)c4ccc(N5CCN(C(=O)OC(C)(C)C)C[C@H]5C)nc4)cc3OC(F)(F)F)cc2)[nH]1)C(C)C. The summed E-state index contributed by atoms with van der Waals surface area (Å²) in [6.07, 6.45) is -3.10. The van der Waals surface area contributed by atoms with Crippen molar-refractivity contribution >= 4 is 47.1 Å². The fourth-order valence-electron chi connectivity index (χ4n) is 7.59. The number of methoxy groups -OCH3 is 2. The van der Waals surface area contributed by atoms with Crippen molar-refractivity contribution in [2.45, 2.75) is 84.2 Å². The largest absolute Gasteiger partial charge is 0.573 e. The highest BCUT2D eigenvalue weighted by molar-refractivity contribution is 6.34. The first-order valence-corrected chi connectivity index (χ1v) is 21.0. The third kappa shape index (κ3) is 11.3. The lowest BCUT2D eigenvalue weighted by atomic mass is 10.0. The normalized spacial score (nSPS) is 18.5. The first kappa shape index (κ1) is 47.4. The number of amides is 4. The van der Waals surface area contributed by atoms with E-state index in [1.54, 1.807) is 74.2 Å². The Morgan fingerprint density at radius 3 is 2.23 bits per heavy atom. The number of alkyl carbamates (subject to hydrolysis) is 1. The number of nitrogens with one attached hydrogen (secondary N) is 3. The molecular weight excluding hydrogens is 861 g/mol. The molecule has 2 fully saturated rings. The Morgan fingerprint density at radius 2 is 1.64 bits per heavy atom. The van der Waals surface area contributed by atoms with Crippen LogP contribution < -0.4 is 20.3 Å². The predicted octanol–water partition coefficient (Wildman–Crippen LogP) is 8.06. The number of hydrogen-bond donors (Lipinski definition) is 3. The summed E-state index contributed by atoms with van der Waals surface area (Å²) in [5.74, 6) is -0.775. The predicted molar refractivity (Wildman–Crippen MR) is 232 cm³/mol. The van der Waals surface area contributed by atoms with Gasteiger partial charge in [0, 0.05) is 63.6 Å². The van der Waals surface area contributed by atoms with E-state index in [2.05, 4.69) is 30.3 Å². The second-order valence-corrected chi connectivity index (χ2v) is 17.3. The van der Waals surface area contributed by atoms with E-state index in [1.807, 2.05) is 25.7 Å². The summed E-state index contributed by atoms with van der Waals surface area (Å²) in [5, 5.41) is 5.14. The molecule has 2 saturated heterocycles. The first-order valence-electron chi connectivity index (χ1n) is 20.6. The second-order valence-electron chi connectivity index (χ2n) is 16.9. The van der Waals surface area contributed by atoms with Gasteiger partial charge in [-0.25, -0.2) is 19.6 Å². The number of imidazole rings is 1. The zero-order chi connectivity index (χ0) is 46.7. The quantitative estimate of drug-likeness (QED) is 0.133. The van der Waals surface area contributed by atoms with Gasteiger partial charge in [-0.2, -0.15) is 0 Å². The maximum Gasteiger partial charge on any atom is 0.573 e. The number of nitrogens with zero attached hydrogens (tertiary/aromatic N) is 5. The van der Waals surface area contributed by atoms with Crippen LogP contribution in [0, 0.1) is 5.92 Å². The number of aromatic amines is 1. The van der Waals surface area contributed by atoms with Crippen molar-refractivity contribution in [2.75, 3.05) is 50.6 Å². The van der Waals surface area contributed by atoms with Crippen molar-refractivity contribution < 1.29 is 51.3 Å². The Labute approximate surface area is 373 Å². The molecule has 0 radical (unpaired) electrons. The van der Waals surface area contributed by atoms with Crippen molar-refractivity contribution in [2.24, 2.45) is 5.92 Å². The van der Waals surface area contributed by atoms with Gasteiger partial charge in [0.25, 0.3) is 5.91 Å². The Hall–Kier alpha value is -6.08. The van der Waals surface area contributed by atoms with Crippen LogP contribution in [0.3, 0.4) is 0 Å². The molecule has 2 aliphatic heterocycles. The molecule has 20 heteroatoms. The van der Waals surface area contributed by atoms with Crippen LogP contribution in [0.5, 0.6) is 5.75 Å². The van der Waals surface area contributed by atoms with Gasteiger partial charge in [0.1, 0.15) is 29.0 Å². The minimum atomic E-state index is -5.08. The summed E-state index contributed by atoms with van der Waals surface area (Å²) in [6.45, 7) is 12.6. The van der Waals surface area contributed by atoms with Crippen LogP contribution >= 0.6 is 11.6 Å². The summed E-state index contributed by atoms with van der Waals surface area (Å²) < 4.78 is 61.6. The molecule has 4 aromatic rings. The van der Waals surface area contributed by atoms with Crippen molar-refractivity contribution in [1.29, 1.82) is 0 Å². The molecule has 2 aromatic carbocycles. The zero-order valence-corrected chi connectivity index (χ0v) is 37.5. The summed E-state index contributed by atoms with van der Waals surface area (Å²) in [6, 6.07) is 10.5. The number of rotatable bonds is 11. The van der Waals surface area contributed by atoms with E-state index in [-0.39, 0.29) is 52.4 Å². The third-order valence-electron chi connectivity index (χ3n) is 10.8. The van der Waals surface area contributed by atoms with Gasteiger partial charge in [-0.3, -0.25) is 9.59 Å². The highest BCUT2D eigenvalue weighted by Crippen LogP contribution is 2.41. The summed E-state index contributed by atoms with van der Waals surface area (Å²) in [7, 11) is 2.78. The van der Waals surface area contributed by atoms with Gasteiger partial charge in [0.05, 0.1) is 47.4 Å². The van der Waals surface area contributed by atoms with Gasteiger partial charge in [0.2, 0.25) is 5.91 Å². The molecule has 16 nitrogen and oxygen atoms in total. The van der Waals surface area contributed by atoms with Crippen LogP contribution in [0.4, 0.5) is 34.3 Å². The molecule has 3 N–H and O–H groups in total. The smallest absolute Gasteiger partial charge is 0.453 e. The molecule has 4 heterocycles. The minimum absolute atomic E-state index is 0.00932. The first-order chi connectivity index (χ1) is 30.1. The number of likely N-dealkylation sites (tertiary alicyclic amines) is 1. The van der Waals surface area contributed by atoms with Crippen molar-refractivity contribution in [3.8, 4) is 28.1 Å². The molecule has 0 unspecified atom stereocenters. The maximum atomic E-state index is 13.8. The Morgan fingerprint density at radius 1 is 0.938 bits per heavy atom. The van der Waals surface area contributed by atoms with Crippen LogP contribution in [0.2, 0.25) is 5.02 Å². The number of piperazine rings is 1. The molecular formula is C44H52ClF3N8O8. The molecule has 64 heavy (non-hydrogen) atoms. The van der Waals surface area contributed by atoms with Crippen LogP contribution in [0.15, 0.2) is 60.9 Å². The molecule has 0 spiro atoms. The van der Waals surface area contributed by atoms with Crippen molar-refractivity contribution in [1.82, 2.24) is 30.1 Å². The van der Waals surface area contributed by atoms with E-state index in [0.29, 0.717) is 54.5 Å². The average molecular weight is 913 g/mol. The molecule has 0 saturated carbocycles. The Kier molecular flexibility index (Phi) is 14.3. The van der Waals surface area contributed by atoms with E-state index in [0.717, 1.165) is 6.07 Å². The van der Waals surface area contributed by atoms with E-state index in [9.17, 15) is 32.3 Å². The van der Waals surface area contributed by atoms with Gasteiger partial charge in [-0.05, 0) is 62.9 Å². The molecule has 4 amide bonds. The lowest BCUT2D eigenvalue weighted by molar-refractivity contribution is -0.274. The van der Waals surface area contributed by atoms with Gasteiger partial charge in [-0.15, -0.1) is 13.2 Å². The maximum absolute atomic E-state index is 13.8. The van der Waals surface area contributed by atoms with Crippen LogP contribution in [0.25, 0.3) is 22.4 Å². The molecule has 4 atom stereocenters. The van der Waals surface area contributed by atoms with Crippen LogP contribution in [0.1, 0.15) is 70.2 Å². The number of H-pyrrole nitrogens is 1. The number of anilines is 2. The standard InChI is InChI=1S/C44H52ClF3N8O8/c1-24(2)37(53-41(59)62-8)40(58)56-23-29(61-7)17-34(56)38-50-21-33(51-38)27-11-9-26(10-12-27)30-18-31(45)32(19-35(30)63-44(46,47)48)52-39(57)28-13-14-36(49-20-28)55-16-15-54(22-25(55)3)42(60)64-43(4,5)6/h9-14,18-21,24-25,29,34,37H,15-17,22-23H2,1-8H3,(H,50,51)(H,52,57)(H,53,59)/t25-,29+,34+,37+/m1/s1. The summed E-state index contributed by atoms with van der Waals surface area (Å²) in [5.41, 5.74) is 0.934. The van der Waals surface area contributed by atoms with E-state index < -0.39 is 47.9 Å². The number of alkyl halides is 3. The van der Waals surface area contributed by atoms with Gasteiger partial charge < -0.3 is 49.3 Å². The number of carbonyl (C=O) groups excluding carboxylic acids is 4.